The highest BCUT2D eigenvalue weighted by molar-refractivity contribution is 6.12. The van der Waals surface area contributed by atoms with E-state index in [-0.39, 0.29) is 17.4 Å². The lowest BCUT2D eigenvalue weighted by molar-refractivity contribution is 0.0965. The van der Waals surface area contributed by atoms with Gasteiger partial charge in [-0.1, -0.05) is 48.5 Å². The number of rotatable bonds is 9. The van der Waals surface area contributed by atoms with Gasteiger partial charge in [0.1, 0.15) is 17.2 Å². The van der Waals surface area contributed by atoms with E-state index in [1.807, 2.05) is 80.6 Å². The third-order valence-electron chi connectivity index (χ3n) is 8.54. The number of benzene rings is 4. The number of aromatic nitrogens is 2. The molecule has 1 aliphatic carbocycles. The van der Waals surface area contributed by atoms with Crippen LogP contribution < -0.4 is 0 Å². The minimum Gasteiger partial charge on any atom is -0.455 e. The van der Waals surface area contributed by atoms with E-state index in [1.54, 1.807) is 12.1 Å². The second-order valence-electron chi connectivity index (χ2n) is 11.5. The number of hydrogen-bond donors (Lipinski definition) is 0. The van der Waals surface area contributed by atoms with Gasteiger partial charge in [0.25, 0.3) is 5.89 Å². The van der Waals surface area contributed by atoms with Crippen molar-refractivity contribution in [1.82, 2.24) is 10.1 Å². The highest BCUT2D eigenvalue weighted by Crippen LogP contribution is 2.51. The largest absolute Gasteiger partial charge is 0.455 e. The number of hydrogen-bond acceptors (Lipinski definition) is 6. The van der Waals surface area contributed by atoms with Crippen LogP contribution in [0.4, 0.5) is 4.39 Å². The normalized spacial score (nSPS) is 13.7. The van der Waals surface area contributed by atoms with Gasteiger partial charge in [0.05, 0.1) is 5.56 Å². The molecule has 2 aromatic heterocycles. The third kappa shape index (κ3) is 4.94. The molecule has 0 bridgehead atoms. The lowest BCUT2D eigenvalue weighted by Crippen LogP contribution is -2.15. The van der Waals surface area contributed by atoms with Gasteiger partial charge in [-0.2, -0.15) is 4.98 Å². The van der Waals surface area contributed by atoms with Gasteiger partial charge >= 0.3 is 0 Å². The van der Waals surface area contributed by atoms with Crippen molar-refractivity contribution in [3.05, 3.63) is 119 Å². The molecule has 1 aliphatic rings. The zero-order valence-electron chi connectivity index (χ0n) is 24.4. The number of fused-ring (bicyclic) bond motifs is 1. The fraction of sp³-hybridized carbons (Fsp3) is 0.189. The summed E-state index contributed by atoms with van der Waals surface area (Å²) in [6.07, 6.45) is 2.24. The highest BCUT2D eigenvalue weighted by atomic mass is 19.1. The van der Waals surface area contributed by atoms with Gasteiger partial charge in [-0.25, -0.2) is 4.39 Å². The summed E-state index contributed by atoms with van der Waals surface area (Å²) in [5.41, 5.74) is 5.48. The molecule has 6 aromatic rings. The van der Waals surface area contributed by atoms with Crippen molar-refractivity contribution >= 4 is 22.5 Å². The molecule has 1 fully saturated rings. The first-order chi connectivity index (χ1) is 21.3. The van der Waals surface area contributed by atoms with Crippen LogP contribution in [0.2, 0.25) is 0 Å². The Kier molecular flexibility index (Phi) is 6.81. The molecule has 4 aromatic carbocycles. The van der Waals surface area contributed by atoms with Gasteiger partial charge in [0.15, 0.2) is 17.4 Å². The minimum atomic E-state index is -0.416. The molecule has 44 heavy (non-hydrogen) atoms. The Morgan fingerprint density at radius 3 is 2.34 bits per heavy atom. The summed E-state index contributed by atoms with van der Waals surface area (Å²) in [6, 6.07) is 27.0. The van der Waals surface area contributed by atoms with Gasteiger partial charge in [0.2, 0.25) is 0 Å². The van der Waals surface area contributed by atoms with Gasteiger partial charge < -0.3 is 8.94 Å². The van der Waals surface area contributed by atoms with Gasteiger partial charge in [-0.3, -0.25) is 9.59 Å². The number of halogens is 1. The van der Waals surface area contributed by atoms with Crippen molar-refractivity contribution in [3.63, 3.8) is 0 Å². The van der Waals surface area contributed by atoms with E-state index in [9.17, 15) is 14.0 Å². The van der Waals surface area contributed by atoms with Crippen molar-refractivity contribution in [2.45, 2.75) is 44.9 Å². The minimum absolute atomic E-state index is 0.0136. The zero-order chi connectivity index (χ0) is 30.4. The maximum Gasteiger partial charge on any atom is 0.257 e. The standard InChI is InChI=1S/C37H29FN2O4/c1-3-30(41)33-29-19-25(13-16-32(29)43-34(33)23-11-14-27(38)15-12-23)28-20-26(10-9-22(28)2)31(42)21-37(17-18-37)36-39-35(44-40-36)24-7-5-4-6-8-24/h4-16,19-20H,3,17-18,21H2,1-2H3. The summed E-state index contributed by atoms with van der Waals surface area (Å²) in [5, 5.41) is 4.93. The average Bonchev–Trinajstić information content (AvgIpc) is 3.47. The predicted molar refractivity (Wildman–Crippen MR) is 166 cm³/mol. The third-order valence-corrected chi connectivity index (χ3v) is 8.54. The van der Waals surface area contributed by atoms with E-state index in [0.717, 1.165) is 35.1 Å². The highest BCUT2D eigenvalue weighted by Gasteiger charge is 2.50. The second kappa shape index (κ2) is 10.8. The zero-order valence-corrected chi connectivity index (χ0v) is 24.4. The Morgan fingerprint density at radius 1 is 0.864 bits per heavy atom. The number of nitrogens with zero attached hydrogens (tertiary/aromatic N) is 2. The number of carbonyl (C=O) groups excluding carboxylic acids is 2. The number of furan rings is 1. The molecule has 0 radical (unpaired) electrons. The number of Topliss-reactive ketones (excluding diaryl/α,β-unsaturated/α-hetero) is 2. The van der Waals surface area contributed by atoms with Crippen LogP contribution in [0.25, 0.3) is 44.9 Å². The predicted octanol–water partition coefficient (Wildman–Crippen LogP) is 9.16. The monoisotopic (exact) mass is 584 g/mol. The quantitative estimate of drug-likeness (QED) is 0.158. The maximum atomic E-state index is 13.7. The molecule has 7 heteroatoms. The summed E-state index contributed by atoms with van der Waals surface area (Å²) in [4.78, 5) is 31.4. The summed E-state index contributed by atoms with van der Waals surface area (Å²) in [6.45, 7) is 3.81. The van der Waals surface area contributed by atoms with E-state index >= 15 is 0 Å². The summed E-state index contributed by atoms with van der Waals surface area (Å²) >= 11 is 0. The molecular weight excluding hydrogens is 555 g/mol. The first-order valence-corrected chi connectivity index (χ1v) is 14.7. The van der Waals surface area contributed by atoms with E-state index in [0.29, 0.717) is 58.0 Å². The van der Waals surface area contributed by atoms with Crippen molar-refractivity contribution in [1.29, 1.82) is 0 Å². The Labute approximate surface area is 253 Å². The summed E-state index contributed by atoms with van der Waals surface area (Å²) in [7, 11) is 0. The van der Waals surface area contributed by atoms with E-state index in [2.05, 4.69) is 10.1 Å². The molecule has 2 heterocycles. The molecule has 0 N–H and O–H groups in total. The van der Waals surface area contributed by atoms with Crippen LogP contribution >= 0.6 is 0 Å². The number of ketones is 2. The molecule has 0 aliphatic heterocycles. The Morgan fingerprint density at radius 2 is 1.61 bits per heavy atom. The second-order valence-corrected chi connectivity index (χ2v) is 11.5. The van der Waals surface area contributed by atoms with Crippen LogP contribution in [0.3, 0.4) is 0 Å². The molecule has 0 saturated heterocycles. The Balaban J connectivity index is 1.21. The van der Waals surface area contributed by atoms with Crippen molar-refractivity contribution in [2.24, 2.45) is 0 Å². The number of carbonyl (C=O) groups is 2. The van der Waals surface area contributed by atoms with E-state index in [4.69, 9.17) is 8.94 Å². The van der Waals surface area contributed by atoms with E-state index < -0.39 is 5.41 Å². The SMILES string of the molecule is CCC(=O)c1c(-c2ccc(F)cc2)oc2ccc(-c3cc(C(=O)CC4(c5noc(-c6ccccc6)n5)CC4)ccc3C)cc12. The first kappa shape index (κ1) is 27.7. The molecule has 6 nitrogen and oxygen atoms in total. The number of aryl methyl sites for hydroxylation is 1. The first-order valence-electron chi connectivity index (χ1n) is 14.7. The molecule has 0 amide bonds. The van der Waals surface area contributed by atoms with Crippen LogP contribution in [0.1, 0.15) is 64.7 Å². The van der Waals surface area contributed by atoms with Crippen LogP contribution in [0.15, 0.2) is 99.9 Å². The summed E-state index contributed by atoms with van der Waals surface area (Å²) < 4.78 is 25.3. The Hall–Kier alpha value is -5.17. The van der Waals surface area contributed by atoms with Crippen LogP contribution in [-0.4, -0.2) is 21.7 Å². The Bertz CT molecular complexity index is 2040. The van der Waals surface area contributed by atoms with Gasteiger partial charge in [-0.15, -0.1) is 0 Å². The fourth-order valence-corrected chi connectivity index (χ4v) is 5.81. The van der Waals surface area contributed by atoms with Gasteiger partial charge in [-0.05, 0) is 91.1 Å². The van der Waals surface area contributed by atoms with E-state index in [1.165, 1.54) is 12.1 Å². The maximum absolute atomic E-state index is 13.7. The van der Waals surface area contributed by atoms with Gasteiger partial charge in [0, 0.05) is 40.3 Å². The molecule has 1 saturated carbocycles. The lowest BCUT2D eigenvalue weighted by Gasteiger charge is -2.12. The molecule has 0 unspecified atom stereocenters. The van der Waals surface area contributed by atoms with Crippen molar-refractivity contribution < 1.29 is 22.9 Å². The smallest absolute Gasteiger partial charge is 0.257 e. The summed E-state index contributed by atoms with van der Waals surface area (Å²) in [5.74, 6) is 1.05. The lowest BCUT2D eigenvalue weighted by atomic mass is 9.91. The van der Waals surface area contributed by atoms with Crippen LogP contribution in [-0.2, 0) is 5.41 Å². The average molecular weight is 585 g/mol. The van der Waals surface area contributed by atoms with Crippen molar-refractivity contribution in [2.75, 3.05) is 0 Å². The molecule has 7 rings (SSSR count). The van der Waals surface area contributed by atoms with Crippen LogP contribution in [0, 0.1) is 12.7 Å². The molecule has 0 spiro atoms. The fourth-order valence-electron chi connectivity index (χ4n) is 5.81. The van der Waals surface area contributed by atoms with Crippen molar-refractivity contribution in [3.8, 4) is 33.9 Å². The molecule has 0 atom stereocenters. The molecular formula is C37H29FN2O4. The topological polar surface area (TPSA) is 86.2 Å². The van der Waals surface area contributed by atoms with Crippen LogP contribution in [0.5, 0.6) is 0 Å². The molecule has 218 valence electrons.